The quantitative estimate of drug-likeness (QED) is 0.380. The fourth-order valence-corrected chi connectivity index (χ4v) is 4.87. The van der Waals surface area contributed by atoms with E-state index < -0.39 is 7.82 Å². The van der Waals surface area contributed by atoms with Gasteiger partial charge in [-0.15, -0.1) is 0 Å². The highest BCUT2D eigenvalue weighted by Gasteiger charge is 2.30. The zero-order valence-electron chi connectivity index (χ0n) is 14.9. The Kier molecular flexibility index (Phi) is 3.39. The normalized spacial score (nSPS) is 14.8. The molecule has 1 heterocycles. The summed E-state index contributed by atoms with van der Waals surface area (Å²) in [5, 5.41) is 3.91. The van der Waals surface area contributed by atoms with Crippen molar-refractivity contribution in [3.63, 3.8) is 0 Å². The number of phosphoric acid groups is 1. The van der Waals surface area contributed by atoms with Crippen molar-refractivity contribution in [2.75, 3.05) is 0 Å². The summed E-state index contributed by atoms with van der Waals surface area (Å²) >= 11 is 0. The van der Waals surface area contributed by atoms with Gasteiger partial charge in [0.05, 0.1) is 0 Å². The van der Waals surface area contributed by atoms with E-state index in [9.17, 15) is 9.46 Å². The highest BCUT2D eigenvalue weighted by atomic mass is 31.2. The number of rotatable bonds is 0. The zero-order valence-corrected chi connectivity index (χ0v) is 15.7. The summed E-state index contributed by atoms with van der Waals surface area (Å²) in [5.41, 5.74) is 3.02. The molecule has 5 heteroatoms. The van der Waals surface area contributed by atoms with Crippen molar-refractivity contribution >= 4 is 29.4 Å². The SMILES string of the molecule is Cc1cc2ccccc2c2c1OP(=O)([O-])Oc1c(C)cc3ccccc3c1-2. The predicted octanol–water partition coefficient (Wildman–Crippen LogP) is 5.52. The van der Waals surface area contributed by atoms with Gasteiger partial charge < -0.3 is 13.9 Å². The highest BCUT2D eigenvalue weighted by molar-refractivity contribution is 7.46. The summed E-state index contributed by atoms with van der Waals surface area (Å²) in [6.07, 6.45) is 0. The molecule has 134 valence electrons. The van der Waals surface area contributed by atoms with Gasteiger partial charge in [-0.2, -0.15) is 0 Å². The van der Waals surface area contributed by atoms with Crippen LogP contribution in [0.15, 0.2) is 60.7 Å². The second-order valence-corrected chi connectivity index (χ2v) is 8.13. The maximum absolute atomic E-state index is 12.6. The van der Waals surface area contributed by atoms with Gasteiger partial charge in [0.15, 0.2) is 0 Å². The molecule has 4 nitrogen and oxygen atoms in total. The topological polar surface area (TPSA) is 58.6 Å². The minimum absolute atomic E-state index is 0.335. The van der Waals surface area contributed by atoms with E-state index >= 15 is 0 Å². The first-order valence-electron chi connectivity index (χ1n) is 8.70. The van der Waals surface area contributed by atoms with Crippen LogP contribution in [0.5, 0.6) is 11.5 Å². The van der Waals surface area contributed by atoms with Crippen molar-refractivity contribution in [2.24, 2.45) is 0 Å². The van der Waals surface area contributed by atoms with Gasteiger partial charge >= 0.3 is 7.82 Å². The van der Waals surface area contributed by atoms with Crippen LogP contribution in [0.4, 0.5) is 0 Å². The van der Waals surface area contributed by atoms with E-state index in [0.29, 0.717) is 11.5 Å². The summed E-state index contributed by atoms with van der Waals surface area (Å²) in [6, 6.07) is 19.7. The van der Waals surface area contributed by atoms with Crippen LogP contribution in [0.3, 0.4) is 0 Å². The average molecular weight is 375 g/mol. The van der Waals surface area contributed by atoms with E-state index in [4.69, 9.17) is 9.05 Å². The van der Waals surface area contributed by atoms with Gasteiger partial charge in [0.2, 0.25) is 0 Å². The Balaban J connectivity index is 2.08. The summed E-state index contributed by atoms with van der Waals surface area (Å²) in [5.74, 6) is 0.670. The average Bonchev–Trinajstić information content (AvgIpc) is 2.76. The fraction of sp³-hybridized carbons (Fsp3) is 0.0909. The molecule has 1 aliphatic heterocycles. The van der Waals surface area contributed by atoms with E-state index in [0.717, 1.165) is 43.8 Å². The van der Waals surface area contributed by atoms with Crippen molar-refractivity contribution in [2.45, 2.75) is 13.8 Å². The zero-order chi connectivity index (χ0) is 18.8. The molecular weight excluding hydrogens is 359 g/mol. The molecule has 4 aromatic carbocycles. The number of hydrogen-bond donors (Lipinski definition) is 0. The third-order valence-electron chi connectivity index (χ3n) is 5.03. The first-order valence-corrected chi connectivity index (χ1v) is 10.2. The number of fused-ring (bicyclic) bond motifs is 7. The second-order valence-electron chi connectivity index (χ2n) is 6.87. The third-order valence-corrected chi connectivity index (χ3v) is 5.84. The minimum atomic E-state index is -4.55. The van der Waals surface area contributed by atoms with Crippen molar-refractivity contribution in [3.05, 3.63) is 71.8 Å². The first-order chi connectivity index (χ1) is 12.9. The largest absolute Gasteiger partial charge is 0.736 e. The van der Waals surface area contributed by atoms with E-state index in [1.807, 2.05) is 74.5 Å². The molecule has 0 spiro atoms. The third kappa shape index (κ3) is 2.45. The molecule has 0 N–H and O–H groups in total. The van der Waals surface area contributed by atoms with Gasteiger partial charge in [-0.1, -0.05) is 48.5 Å². The molecular formula is C22H16O4P-. The lowest BCUT2D eigenvalue weighted by molar-refractivity contribution is -0.208. The van der Waals surface area contributed by atoms with Crippen LogP contribution >= 0.6 is 7.82 Å². The highest BCUT2D eigenvalue weighted by Crippen LogP contribution is 2.57. The van der Waals surface area contributed by atoms with Crippen LogP contribution in [0, 0.1) is 13.8 Å². The van der Waals surface area contributed by atoms with Crippen molar-refractivity contribution in [1.29, 1.82) is 0 Å². The lowest BCUT2D eigenvalue weighted by Gasteiger charge is -2.23. The molecule has 5 rings (SSSR count). The molecule has 0 aromatic heterocycles. The Labute approximate surface area is 156 Å². The predicted molar refractivity (Wildman–Crippen MR) is 105 cm³/mol. The Morgan fingerprint density at radius 2 is 1.15 bits per heavy atom. The Morgan fingerprint density at radius 3 is 1.59 bits per heavy atom. The second kappa shape index (κ2) is 5.59. The van der Waals surface area contributed by atoms with Crippen LogP contribution in [0.25, 0.3) is 32.7 Å². The maximum atomic E-state index is 12.6. The molecule has 0 unspecified atom stereocenters. The van der Waals surface area contributed by atoms with Gasteiger partial charge in [-0.05, 0) is 58.7 Å². The van der Waals surface area contributed by atoms with Crippen molar-refractivity contribution < 1.29 is 18.5 Å². The van der Waals surface area contributed by atoms with Gasteiger partial charge in [0, 0.05) is 11.1 Å². The van der Waals surface area contributed by atoms with Gasteiger partial charge in [-0.3, -0.25) is 0 Å². The summed E-state index contributed by atoms with van der Waals surface area (Å²) in [7, 11) is -4.55. The summed E-state index contributed by atoms with van der Waals surface area (Å²) in [6.45, 7) is 3.71. The number of hydrogen-bond acceptors (Lipinski definition) is 4. The lowest BCUT2D eigenvalue weighted by atomic mass is 9.89. The van der Waals surface area contributed by atoms with Crippen LogP contribution in [0.2, 0.25) is 0 Å². The smallest absolute Gasteiger partial charge is 0.372 e. The van der Waals surface area contributed by atoms with E-state index in [1.165, 1.54) is 0 Å². The van der Waals surface area contributed by atoms with Crippen LogP contribution in [-0.4, -0.2) is 0 Å². The van der Waals surface area contributed by atoms with Gasteiger partial charge in [0.25, 0.3) is 0 Å². The van der Waals surface area contributed by atoms with Gasteiger partial charge in [-0.25, -0.2) is 4.57 Å². The molecule has 0 fully saturated rings. The summed E-state index contributed by atoms with van der Waals surface area (Å²) in [4.78, 5) is 12.6. The van der Waals surface area contributed by atoms with E-state index in [1.54, 1.807) is 0 Å². The van der Waals surface area contributed by atoms with E-state index in [2.05, 4.69) is 0 Å². The molecule has 4 aromatic rings. The van der Waals surface area contributed by atoms with Crippen LogP contribution in [-0.2, 0) is 4.57 Å². The Bertz CT molecular complexity index is 1200. The van der Waals surface area contributed by atoms with Crippen molar-refractivity contribution in [1.82, 2.24) is 0 Å². The molecule has 0 aliphatic carbocycles. The summed E-state index contributed by atoms with van der Waals surface area (Å²) < 4.78 is 23.5. The lowest BCUT2D eigenvalue weighted by Crippen LogP contribution is -2.12. The number of benzene rings is 4. The molecule has 27 heavy (non-hydrogen) atoms. The van der Waals surface area contributed by atoms with Gasteiger partial charge in [0.1, 0.15) is 11.5 Å². The molecule has 0 saturated heterocycles. The molecule has 0 saturated carbocycles. The molecule has 0 amide bonds. The molecule has 0 atom stereocenters. The molecule has 0 radical (unpaired) electrons. The minimum Gasteiger partial charge on any atom is -0.736 e. The standard InChI is InChI=1S/C22H17O4P/c1-13-11-15-7-3-5-9-17(15)19-20-18-10-6-4-8-16(18)12-14(2)22(20)26-27(23,24)25-21(13)19/h3-12H,1-2H3,(H,23,24)/p-1. The monoisotopic (exact) mass is 375 g/mol. The Morgan fingerprint density at radius 1 is 0.741 bits per heavy atom. The number of phosphoric ester groups is 1. The van der Waals surface area contributed by atoms with E-state index in [-0.39, 0.29) is 0 Å². The van der Waals surface area contributed by atoms with Crippen LogP contribution < -0.4 is 13.9 Å². The van der Waals surface area contributed by atoms with Crippen LogP contribution in [0.1, 0.15) is 11.1 Å². The maximum Gasteiger partial charge on any atom is 0.372 e. The molecule has 0 bridgehead atoms. The fourth-order valence-electron chi connectivity index (χ4n) is 3.91. The number of aryl methyl sites for hydroxylation is 2. The Hall–Kier alpha value is -2.81. The first kappa shape index (κ1) is 16.4. The van der Waals surface area contributed by atoms with Crippen molar-refractivity contribution in [3.8, 4) is 22.6 Å². The molecule has 1 aliphatic rings.